The van der Waals surface area contributed by atoms with Crippen molar-refractivity contribution in [1.29, 1.82) is 0 Å². The summed E-state index contributed by atoms with van der Waals surface area (Å²) < 4.78 is 9.63. The third kappa shape index (κ3) is 6.48. The van der Waals surface area contributed by atoms with Crippen molar-refractivity contribution in [3.05, 3.63) is 35.9 Å². The van der Waals surface area contributed by atoms with Crippen LogP contribution in [0.5, 0.6) is 0 Å². The fourth-order valence-corrected chi connectivity index (χ4v) is 1.45. The number of benzene rings is 1. The zero-order valence-corrected chi connectivity index (χ0v) is 12.2. The molecule has 1 unspecified atom stereocenters. The van der Waals surface area contributed by atoms with Gasteiger partial charge in [0.2, 0.25) is 0 Å². The van der Waals surface area contributed by atoms with E-state index < -0.39 is 18.1 Å². The minimum absolute atomic E-state index is 0.128. The van der Waals surface area contributed by atoms with Crippen LogP contribution in [0.1, 0.15) is 25.3 Å². The predicted molar refractivity (Wildman–Crippen MR) is 78.3 cm³/mol. The molecule has 5 nitrogen and oxygen atoms in total. The highest BCUT2D eigenvalue weighted by Gasteiger charge is 2.19. The molecule has 0 spiro atoms. The molecule has 0 heterocycles. The molecule has 0 fully saturated rings. The van der Waals surface area contributed by atoms with Crippen LogP contribution in [0.4, 0.5) is 4.79 Å². The number of hydrogen-bond acceptors (Lipinski definition) is 4. The van der Waals surface area contributed by atoms with Crippen LogP contribution in [0.15, 0.2) is 30.3 Å². The van der Waals surface area contributed by atoms with Crippen LogP contribution in [-0.2, 0) is 20.9 Å². The number of amides is 1. The minimum Gasteiger partial charge on any atom is -0.467 e. The number of carbonyl (C=O) groups excluding carboxylic acids is 2. The monoisotopic (exact) mass is 289 g/mol. The van der Waals surface area contributed by atoms with Gasteiger partial charge in [-0.3, -0.25) is 5.32 Å². The van der Waals surface area contributed by atoms with Gasteiger partial charge >= 0.3 is 12.1 Å². The highest BCUT2D eigenvalue weighted by molar-refractivity contribution is 5.84. The summed E-state index contributed by atoms with van der Waals surface area (Å²) in [6.07, 6.45) is 0.813. The minimum atomic E-state index is -1.01. The summed E-state index contributed by atoms with van der Waals surface area (Å²) in [6.45, 7) is 2.10. The highest BCUT2D eigenvalue weighted by Crippen LogP contribution is 2.01. The van der Waals surface area contributed by atoms with Crippen molar-refractivity contribution in [2.45, 2.75) is 32.4 Å². The highest BCUT2D eigenvalue weighted by atomic mass is 16.6. The van der Waals surface area contributed by atoms with E-state index in [0.717, 1.165) is 12.0 Å². The van der Waals surface area contributed by atoms with E-state index in [1.807, 2.05) is 37.3 Å². The molecule has 0 bridgehead atoms. The number of nitrogens with one attached hydrogen (secondary N) is 1. The van der Waals surface area contributed by atoms with Gasteiger partial charge in [0.25, 0.3) is 0 Å². The van der Waals surface area contributed by atoms with Gasteiger partial charge < -0.3 is 9.47 Å². The largest absolute Gasteiger partial charge is 0.467 e. The van der Waals surface area contributed by atoms with E-state index in [1.165, 1.54) is 7.11 Å². The van der Waals surface area contributed by atoms with Gasteiger partial charge in [-0.1, -0.05) is 43.2 Å². The molecule has 0 aliphatic carbocycles. The van der Waals surface area contributed by atoms with Crippen LogP contribution < -0.4 is 5.32 Å². The van der Waals surface area contributed by atoms with Gasteiger partial charge in [-0.15, -0.1) is 5.92 Å². The van der Waals surface area contributed by atoms with Crippen LogP contribution in [0.2, 0.25) is 0 Å². The van der Waals surface area contributed by atoms with Crippen molar-refractivity contribution in [2.24, 2.45) is 0 Å². The Morgan fingerprint density at radius 2 is 2.00 bits per heavy atom. The van der Waals surface area contributed by atoms with Crippen molar-refractivity contribution in [1.82, 2.24) is 5.32 Å². The number of rotatable bonds is 5. The van der Waals surface area contributed by atoms with Gasteiger partial charge in [0.1, 0.15) is 6.61 Å². The average molecular weight is 289 g/mol. The molecule has 0 aliphatic rings. The van der Waals surface area contributed by atoms with Gasteiger partial charge in [-0.05, 0) is 12.0 Å². The van der Waals surface area contributed by atoms with E-state index in [9.17, 15) is 9.59 Å². The predicted octanol–water partition coefficient (Wildman–Crippen LogP) is 2.26. The standard InChI is InChI=1S/C16H19NO4/c1-3-4-6-11-14(15(18)20-2)17-16(19)21-12-13-9-7-5-8-10-13/h5,7-10,14H,3-4,12H2,1-2H3,(H,17,19). The molecule has 1 amide bonds. The number of unbranched alkanes of at least 4 members (excludes halogenated alkanes) is 1. The first kappa shape index (κ1) is 16.6. The first-order valence-electron chi connectivity index (χ1n) is 6.70. The molecule has 1 N–H and O–H groups in total. The first-order valence-corrected chi connectivity index (χ1v) is 6.70. The van der Waals surface area contributed by atoms with Crippen LogP contribution in [0.3, 0.4) is 0 Å². The Labute approximate surface area is 124 Å². The molecule has 112 valence electrons. The molecular formula is C16H19NO4. The molecule has 5 heteroatoms. The summed E-state index contributed by atoms with van der Waals surface area (Å²) in [7, 11) is 1.24. The van der Waals surface area contributed by atoms with Gasteiger partial charge in [0.15, 0.2) is 6.04 Å². The Morgan fingerprint density at radius 1 is 1.29 bits per heavy atom. The maximum absolute atomic E-state index is 11.7. The molecule has 0 saturated carbocycles. The third-order valence-electron chi connectivity index (χ3n) is 2.53. The zero-order chi connectivity index (χ0) is 15.5. The molecule has 1 aromatic rings. The third-order valence-corrected chi connectivity index (χ3v) is 2.53. The lowest BCUT2D eigenvalue weighted by molar-refractivity contribution is -0.141. The van der Waals surface area contributed by atoms with E-state index in [0.29, 0.717) is 6.42 Å². The van der Waals surface area contributed by atoms with E-state index in [1.54, 1.807) is 0 Å². The second kappa shape index (κ2) is 9.43. The van der Waals surface area contributed by atoms with Gasteiger partial charge in [-0.25, -0.2) is 9.59 Å². The maximum Gasteiger partial charge on any atom is 0.408 e. The topological polar surface area (TPSA) is 64.6 Å². The molecule has 1 aromatic carbocycles. The van der Waals surface area contributed by atoms with E-state index in [4.69, 9.17) is 4.74 Å². The van der Waals surface area contributed by atoms with Gasteiger partial charge in [-0.2, -0.15) is 0 Å². The molecule has 0 aliphatic heterocycles. The molecule has 0 radical (unpaired) electrons. The second-order valence-corrected chi connectivity index (χ2v) is 4.23. The summed E-state index contributed by atoms with van der Waals surface area (Å²) in [5.41, 5.74) is 0.860. The molecule has 0 aromatic heterocycles. The quantitative estimate of drug-likeness (QED) is 0.667. The van der Waals surface area contributed by atoms with E-state index in [-0.39, 0.29) is 6.61 Å². The molecule has 1 rings (SSSR count). The average Bonchev–Trinajstić information content (AvgIpc) is 2.52. The molecule has 0 saturated heterocycles. The smallest absolute Gasteiger partial charge is 0.408 e. The van der Waals surface area contributed by atoms with Crippen molar-refractivity contribution in [3.63, 3.8) is 0 Å². The van der Waals surface area contributed by atoms with Crippen LogP contribution >= 0.6 is 0 Å². The molecular weight excluding hydrogens is 270 g/mol. The summed E-state index contributed by atoms with van der Waals surface area (Å²) >= 11 is 0. The van der Waals surface area contributed by atoms with Crippen LogP contribution in [0.25, 0.3) is 0 Å². The zero-order valence-electron chi connectivity index (χ0n) is 12.2. The Kier molecular flexibility index (Phi) is 7.44. The summed E-state index contributed by atoms with van der Waals surface area (Å²) in [5, 5.41) is 2.39. The second-order valence-electron chi connectivity index (χ2n) is 4.23. The Bertz CT molecular complexity index is 516. The first-order chi connectivity index (χ1) is 10.2. The number of methoxy groups -OCH3 is 1. The number of alkyl carbamates (subject to hydrolysis) is 1. The Hall–Kier alpha value is -2.48. The Morgan fingerprint density at radius 3 is 2.62 bits per heavy atom. The van der Waals surface area contributed by atoms with Gasteiger partial charge in [0, 0.05) is 6.42 Å². The number of hydrogen-bond donors (Lipinski definition) is 1. The number of esters is 1. The summed E-state index contributed by atoms with van der Waals surface area (Å²) in [6, 6.07) is 8.25. The van der Waals surface area contributed by atoms with Gasteiger partial charge in [0.05, 0.1) is 7.11 Å². The SMILES string of the molecule is CCCC#CC(NC(=O)OCc1ccccc1)C(=O)OC. The van der Waals surface area contributed by atoms with E-state index >= 15 is 0 Å². The normalized spacial score (nSPS) is 10.8. The van der Waals surface area contributed by atoms with Crippen molar-refractivity contribution >= 4 is 12.1 Å². The summed E-state index contributed by atoms with van der Waals surface area (Å²) in [4.78, 5) is 23.2. The maximum atomic E-state index is 11.7. The Balaban J connectivity index is 2.52. The van der Waals surface area contributed by atoms with Crippen LogP contribution in [-0.4, -0.2) is 25.2 Å². The van der Waals surface area contributed by atoms with Crippen LogP contribution in [0, 0.1) is 11.8 Å². The van der Waals surface area contributed by atoms with E-state index in [2.05, 4.69) is 21.9 Å². The molecule has 21 heavy (non-hydrogen) atoms. The van der Waals surface area contributed by atoms with Crippen molar-refractivity contribution in [2.75, 3.05) is 7.11 Å². The number of carbonyl (C=O) groups is 2. The number of ether oxygens (including phenoxy) is 2. The fourth-order valence-electron chi connectivity index (χ4n) is 1.45. The lowest BCUT2D eigenvalue weighted by Gasteiger charge is -2.11. The lowest BCUT2D eigenvalue weighted by atomic mass is 10.2. The van der Waals surface area contributed by atoms with Crippen molar-refractivity contribution < 1.29 is 19.1 Å². The fraction of sp³-hybridized carbons (Fsp3) is 0.375. The molecule has 1 atom stereocenters. The summed E-state index contributed by atoms with van der Waals surface area (Å²) in [5.74, 6) is 4.86. The lowest BCUT2D eigenvalue weighted by Crippen LogP contribution is -2.40. The van der Waals surface area contributed by atoms with Crippen molar-refractivity contribution in [3.8, 4) is 11.8 Å².